The van der Waals surface area contributed by atoms with Gasteiger partial charge < -0.3 is 5.32 Å². The summed E-state index contributed by atoms with van der Waals surface area (Å²) in [6, 6.07) is 6.56. The minimum Gasteiger partial charge on any atom is -0.306 e. The monoisotopic (exact) mass is 382 g/mol. The third-order valence-electron chi connectivity index (χ3n) is 3.55. The van der Waals surface area contributed by atoms with Gasteiger partial charge in [0.25, 0.3) is 0 Å². The Morgan fingerprint density at radius 3 is 2.28 bits per heavy atom. The van der Waals surface area contributed by atoms with Crippen LogP contribution in [-0.4, -0.2) is 15.8 Å². The normalized spacial score (nSPS) is 12.2. The smallest absolute Gasteiger partial charge is 0.306 e. The van der Waals surface area contributed by atoms with Crippen LogP contribution in [0, 0.1) is 0 Å². The van der Waals surface area contributed by atoms with Crippen molar-refractivity contribution >= 4 is 40.7 Å². The number of carbonyl (C=O) groups is 1. The lowest BCUT2D eigenvalue weighted by Crippen LogP contribution is -2.28. The zero-order chi connectivity index (χ0) is 19.0. The van der Waals surface area contributed by atoms with E-state index in [1.807, 2.05) is 31.5 Å². The molecule has 0 unspecified atom stereocenters. The van der Waals surface area contributed by atoms with E-state index in [0.717, 1.165) is 5.69 Å². The van der Waals surface area contributed by atoms with E-state index in [2.05, 4.69) is 36.5 Å². The maximum Gasteiger partial charge on any atom is 0.324 e. The number of hydrogen-bond donors (Lipinski definition) is 2. The van der Waals surface area contributed by atoms with Crippen LogP contribution in [0.25, 0.3) is 0 Å². The van der Waals surface area contributed by atoms with E-state index in [1.165, 1.54) is 0 Å². The summed E-state index contributed by atoms with van der Waals surface area (Å²) in [5, 5.41) is 10.9. The highest BCUT2D eigenvalue weighted by molar-refractivity contribution is 6.44. The van der Waals surface area contributed by atoms with Gasteiger partial charge in [-0.25, -0.2) is 9.48 Å². The van der Waals surface area contributed by atoms with Crippen molar-refractivity contribution < 1.29 is 4.79 Å². The molecule has 136 valence electrons. The predicted octanol–water partition coefficient (Wildman–Crippen LogP) is 5.89. The maximum absolute atomic E-state index is 12.4. The highest BCUT2D eigenvalue weighted by Crippen LogP contribution is 2.31. The zero-order valence-electron chi connectivity index (χ0n) is 15.4. The Labute approximate surface area is 158 Å². The molecule has 2 aromatic rings. The van der Waals surface area contributed by atoms with E-state index in [9.17, 15) is 4.79 Å². The van der Waals surface area contributed by atoms with Crippen molar-refractivity contribution in [2.75, 3.05) is 10.6 Å². The Balaban J connectivity index is 2.28. The van der Waals surface area contributed by atoms with Crippen LogP contribution < -0.4 is 10.6 Å². The van der Waals surface area contributed by atoms with Crippen LogP contribution in [-0.2, 0) is 11.0 Å². The molecule has 5 nitrogen and oxygen atoms in total. The van der Waals surface area contributed by atoms with E-state index >= 15 is 0 Å². The molecular weight excluding hydrogens is 359 g/mol. The minimum atomic E-state index is -0.407. The van der Waals surface area contributed by atoms with E-state index in [0.29, 0.717) is 21.6 Å². The summed E-state index contributed by atoms with van der Waals surface area (Å²) < 4.78 is 1.81. The molecule has 2 rings (SSSR count). The Morgan fingerprint density at radius 1 is 1.08 bits per heavy atom. The summed E-state index contributed by atoms with van der Waals surface area (Å²) >= 11 is 12.1. The van der Waals surface area contributed by atoms with Gasteiger partial charge in [-0.3, -0.25) is 5.32 Å². The Morgan fingerprint density at radius 2 is 1.72 bits per heavy atom. The number of anilines is 2. The summed E-state index contributed by atoms with van der Waals surface area (Å²) in [4.78, 5) is 12.4. The van der Waals surface area contributed by atoms with Crippen LogP contribution in [0.1, 0.15) is 47.2 Å². The number of amides is 2. The molecule has 7 heteroatoms. The van der Waals surface area contributed by atoms with Crippen molar-refractivity contribution in [2.45, 2.75) is 52.5 Å². The van der Waals surface area contributed by atoms with Gasteiger partial charge in [-0.1, -0.05) is 50.0 Å². The number of nitrogens with zero attached hydrogens (tertiary/aromatic N) is 2. The molecule has 0 fully saturated rings. The molecule has 0 atom stereocenters. The molecule has 0 radical (unpaired) electrons. The summed E-state index contributed by atoms with van der Waals surface area (Å²) in [6.45, 7) is 12.3. The average molecular weight is 383 g/mol. The number of carbonyl (C=O) groups excluding carboxylic acids is 1. The highest BCUT2D eigenvalue weighted by Gasteiger charge is 2.25. The minimum absolute atomic E-state index is 0.125. The van der Waals surface area contributed by atoms with Gasteiger partial charge in [0.2, 0.25) is 0 Å². The Bertz CT molecular complexity index is 785. The van der Waals surface area contributed by atoms with Crippen LogP contribution >= 0.6 is 23.2 Å². The Kier molecular flexibility index (Phi) is 5.40. The van der Waals surface area contributed by atoms with Gasteiger partial charge in [0, 0.05) is 11.5 Å². The molecule has 0 bridgehead atoms. The van der Waals surface area contributed by atoms with Gasteiger partial charge in [-0.15, -0.1) is 0 Å². The van der Waals surface area contributed by atoms with Crippen LogP contribution in [0.5, 0.6) is 0 Å². The van der Waals surface area contributed by atoms with E-state index in [1.54, 1.807) is 18.2 Å². The maximum atomic E-state index is 12.4. The number of benzene rings is 1. The summed E-state index contributed by atoms with van der Waals surface area (Å²) in [7, 11) is 0. The van der Waals surface area contributed by atoms with Crippen molar-refractivity contribution in [1.29, 1.82) is 0 Å². The molecule has 1 aromatic carbocycles. The largest absolute Gasteiger partial charge is 0.324 e. The molecule has 0 spiro atoms. The fraction of sp³-hybridized carbons (Fsp3) is 0.444. The lowest BCUT2D eigenvalue weighted by atomic mass is 9.92. The van der Waals surface area contributed by atoms with Crippen molar-refractivity contribution in [3.63, 3.8) is 0 Å². The van der Waals surface area contributed by atoms with Gasteiger partial charge in [0.05, 0.1) is 27.0 Å². The first kappa shape index (κ1) is 19.6. The van der Waals surface area contributed by atoms with Gasteiger partial charge in [0.15, 0.2) is 0 Å². The summed E-state index contributed by atoms with van der Waals surface area (Å²) in [5.74, 6) is 0.619. The standard InChI is InChI=1S/C18H24Cl2N4O/c1-17(2,3)13-10-14(24(23-13)18(4,5)6)22-16(25)21-12-9-7-8-11(19)15(12)20/h7-10H,1-6H3,(H2,21,22,25). The van der Waals surface area contributed by atoms with Crippen molar-refractivity contribution in [3.8, 4) is 0 Å². The third-order valence-corrected chi connectivity index (χ3v) is 4.37. The predicted molar refractivity (Wildman–Crippen MR) is 105 cm³/mol. The van der Waals surface area contributed by atoms with E-state index in [4.69, 9.17) is 23.2 Å². The topological polar surface area (TPSA) is 59.0 Å². The van der Waals surface area contributed by atoms with Crippen molar-refractivity contribution in [1.82, 2.24) is 9.78 Å². The number of aromatic nitrogens is 2. The van der Waals surface area contributed by atoms with Crippen molar-refractivity contribution in [2.24, 2.45) is 0 Å². The first-order chi connectivity index (χ1) is 11.4. The fourth-order valence-electron chi connectivity index (χ4n) is 2.22. The van der Waals surface area contributed by atoms with Gasteiger partial charge in [-0.2, -0.15) is 5.10 Å². The lowest BCUT2D eigenvalue weighted by Gasteiger charge is -2.23. The SMILES string of the molecule is CC(C)(C)c1cc(NC(=O)Nc2cccc(Cl)c2Cl)n(C(C)(C)C)n1. The molecule has 2 amide bonds. The van der Waals surface area contributed by atoms with Gasteiger partial charge in [-0.05, 0) is 32.9 Å². The van der Waals surface area contributed by atoms with Crippen LogP contribution in [0.4, 0.5) is 16.3 Å². The van der Waals surface area contributed by atoms with Crippen molar-refractivity contribution in [3.05, 3.63) is 40.0 Å². The molecule has 0 aliphatic heterocycles. The molecule has 25 heavy (non-hydrogen) atoms. The van der Waals surface area contributed by atoms with E-state index < -0.39 is 6.03 Å². The second-order valence-corrected chi connectivity index (χ2v) is 8.71. The third kappa shape index (κ3) is 4.67. The molecule has 2 N–H and O–H groups in total. The summed E-state index contributed by atoms with van der Waals surface area (Å²) in [6.07, 6.45) is 0. The molecular formula is C18H24Cl2N4O. The van der Waals surface area contributed by atoms with Crippen LogP contribution in [0.2, 0.25) is 10.0 Å². The first-order valence-corrected chi connectivity index (χ1v) is 8.78. The summed E-state index contributed by atoms with van der Waals surface area (Å²) in [5.41, 5.74) is 0.947. The molecule has 0 saturated carbocycles. The lowest BCUT2D eigenvalue weighted by molar-refractivity contribution is 0.261. The van der Waals surface area contributed by atoms with Crippen LogP contribution in [0.15, 0.2) is 24.3 Å². The quantitative estimate of drug-likeness (QED) is 0.680. The average Bonchev–Trinajstić information content (AvgIpc) is 2.88. The second-order valence-electron chi connectivity index (χ2n) is 7.93. The van der Waals surface area contributed by atoms with Gasteiger partial charge in [0.1, 0.15) is 5.82 Å². The molecule has 0 saturated heterocycles. The highest BCUT2D eigenvalue weighted by atomic mass is 35.5. The number of nitrogens with one attached hydrogen (secondary N) is 2. The molecule has 1 heterocycles. The number of urea groups is 1. The Hall–Kier alpha value is -1.72. The van der Waals surface area contributed by atoms with Crippen LogP contribution in [0.3, 0.4) is 0 Å². The second kappa shape index (κ2) is 6.89. The zero-order valence-corrected chi connectivity index (χ0v) is 16.9. The molecule has 0 aliphatic carbocycles. The molecule has 1 aromatic heterocycles. The molecule has 0 aliphatic rings. The number of hydrogen-bond acceptors (Lipinski definition) is 2. The van der Waals surface area contributed by atoms with E-state index in [-0.39, 0.29) is 11.0 Å². The number of halogens is 2. The first-order valence-electron chi connectivity index (χ1n) is 8.02. The van der Waals surface area contributed by atoms with Gasteiger partial charge >= 0.3 is 6.03 Å². The number of rotatable bonds is 2. The fourth-order valence-corrected chi connectivity index (χ4v) is 2.57.